The third kappa shape index (κ3) is 8.18. The Bertz CT molecular complexity index is 633. The first-order valence-corrected chi connectivity index (χ1v) is 9.68. The second-order valence-corrected chi connectivity index (χ2v) is 8.27. The number of rotatable bonds is 9. The summed E-state index contributed by atoms with van der Waals surface area (Å²) < 4.78 is 27.6. The first-order valence-electron chi connectivity index (χ1n) is 8.19. The van der Waals surface area contributed by atoms with Gasteiger partial charge in [-0.3, -0.25) is 4.79 Å². The Morgan fingerprint density at radius 2 is 1.68 bits per heavy atom. The zero-order valence-corrected chi connectivity index (χ0v) is 17.1. The Hall–Kier alpha value is -1.15. The van der Waals surface area contributed by atoms with Crippen molar-refractivity contribution in [3.63, 3.8) is 0 Å². The van der Waals surface area contributed by atoms with Crippen LogP contribution in [0.1, 0.15) is 32.8 Å². The van der Waals surface area contributed by atoms with Crippen LogP contribution in [0, 0.1) is 12.8 Å². The van der Waals surface area contributed by atoms with Crippen molar-refractivity contribution < 1.29 is 13.2 Å². The lowest BCUT2D eigenvalue weighted by molar-refractivity contribution is -0.123. The molecule has 0 spiro atoms. The van der Waals surface area contributed by atoms with Gasteiger partial charge < -0.3 is 10.6 Å². The van der Waals surface area contributed by atoms with Crippen molar-refractivity contribution in [2.45, 2.75) is 51.1 Å². The van der Waals surface area contributed by atoms with E-state index in [1.807, 2.05) is 34.7 Å². The predicted molar refractivity (Wildman–Crippen MR) is 104 cm³/mol. The number of hydrogen-bond acceptors (Lipinski definition) is 4. The maximum Gasteiger partial charge on any atom is 0.241 e. The van der Waals surface area contributed by atoms with Crippen molar-refractivity contribution in [3.8, 4) is 0 Å². The number of carbonyl (C=O) groups is 1. The smallest absolute Gasteiger partial charge is 0.241 e. The van der Waals surface area contributed by atoms with Crippen LogP contribution in [-0.4, -0.2) is 40.0 Å². The molecule has 3 N–H and O–H groups in total. The van der Waals surface area contributed by atoms with Gasteiger partial charge in [-0.15, -0.1) is 12.4 Å². The van der Waals surface area contributed by atoms with Crippen molar-refractivity contribution >= 4 is 28.3 Å². The number of halogens is 1. The summed E-state index contributed by atoms with van der Waals surface area (Å²) in [6.45, 7) is 8.18. The molecule has 0 heterocycles. The summed E-state index contributed by atoms with van der Waals surface area (Å²) in [6, 6.07) is 5.89. The molecule has 0 saturated carbocycles. The molecule has 1 rings (SSSR count). The molecule has 1 aromatic carbocycles. The summed E-state index contributed by atoms with van der Waals surface area (Å²) in [5, 5.41) is 5.82. The average Bonchev–Trinajstić information content (AvgIpc) is 2.51. The third-order valence-electron chi connectivity index (χ3n) is 3.73. The van der Waals surface area contributed by atoms with E-state index in [4.69, 9.17) is 0 Å². The minimum atomic E-state index is -3.74. The highest BCUT2D eigenvalue weighted by molar-refractivity contribution is 7.89. The van der Waals surface area contributed by atoms with Gasteiger partial charge in [0.15, 0.2) is 0 Å². The van der Waals surface area contributed by atoms with Crippen LogP contribution in [0.2, 0.25) is 0 Å². The number of amides is 1. The van der Waals surface area contributed by atoms with Crippen LogP contribution in [0.5, 0.6) is 0 Å². The van der Waals surface area contributed by atoms with Crippen LogP contribution in [0.25, 0.3) is 0 Å². The van der Waals surface area contributed by atoms with Gasteiger partial charge in [0.05, 0.1) is 4.90 Å². The molecule has 2 atom stereocenters. The normalized spacial score (nSPS) is 13.8. The molecule has 0 saturated heterocycles. The Kier molecular flexibility index (Phi) is 10.3. The summed E-state index contributed by atoms with van der Waals surface area (Å²) in [7, 11) is -1.93. The summed E-state index contributed by atoms with van der Waals surface area (Å²) in [6.07, 6.45) is 0.435. The first-order chi connectivity index (χ1) is 11.2. The molecule has 8 heteroatoms. The molecule has 6 nitrogen and oxygen atoms in total. The lowest BCUT2D eigenvalue weighted by Crippen LogP contribution is -2.49. The highest BCUT2D eigenvalue weighted by Gasteiger charge is 2.26. The van der Waals surface area contributed by atoms with Crippen LogP contribution in [-0.2, 0) is 14.8 Å². The van der Waals surface area contributed by atoms with Gasteiger partial charge in [-0.1, -0.05) is 31.5 Å². The maximum absolute atomic E-state index is 12.5. The highest BCUT2D eigenvalue weighted by Crippen LogP contribution is 2.13. The minimum Gasteiger partial charge on any atom is -0.353 e. The van der Waals surface area contributed by atoms with E-state index in [9.17, 15) is 13.2 Å². The second-order valence-electron chi connectivity index (χ2n) is 6.55. The molecular formula is C17H30ClN3O3S. The quantitative estimate of drug-likeness (QED) is 0.599. The standard InChI is InChI=1S/C17H29N3O3S.ClH/c1-12(2)10-16(17(21)19-11-14(4)18-5)20-24(22,23)15-8-6-13(3)7-9-15;/h6-9,12,14,16,18,20H,10-11H2,1-5H3,(H,19,21);1H. The van der Waals surface area contributed by atoms with E-state index in [0.29, 0.717) is 13.0 Å². The number of hydrogen-bond donors (Lipinski definition) is 3. The molecule has 0 aliphatic heterocycles. The molecule has 144 valence electrons. The van der Waals surface area contributed by atoms with E-state index in [2.05, 4.69) is 15.4 Å². The van der Waals surface area contributed by atoms with Gasteiger partial charge in [0.25, 0.3) is 0 Å². The summed E-state index contributed by atoms with van der Waals surface area (Å²) in [5.74, 6) is -0.121. The number of benzene rings is 1. The van der Waals surface area contributed by atoms with E-state index in [0.717, 1.165) is 5.56 Å². The number of likely N-dealkylation sites (N-methyl/N-ethyl adjacent to an activating group) is 1. The predicted octanol–water partition coefficient (Wildman–Crippen LogP) is 1.83. The molecule has 0 fully saturated rings. The molecule has 0 aliphatic rings. The molecule has 0 aliphatic carbocycles. The van der Waals surface area contributed by atoms with Gasteiger partial charge in [-0.25, -0.2) is 8.42 Å². The summed E-state index contributed by atoms with van der Waals surface area (Å²) in [5.41, 5.74) is 0.978. The molecule has 2 unspecified atom stereocenters. The Labute approximate surface area is 157 Å². The first kappa shape index (κ1) is 23.9. The largest absolute Gasteiger partial charge is 0.353 e. The lowest BCUT2D eigenvalue weighted by Gasteiger charge is -2.21. The fourth-order valence-electron chi connectivity index (χ4n) is 2.13. The van der Waals surface area contributed by atoms with E-state index >= 15 is 0 Å². The Morgan fingerprint density at radius 3 is 2.16 bits per heavy atom. The van der Waals surface area contributed by atoms with Gasteiger partial charge in [-0.2, -0.15) is 4.72 Å². The maximum atomic E-state index is 12.5. The van der Waals surface area contributed by atoms with Crippen molar-refractivity contribution in [3.05, 3.63) is 29.8 Å². The zero-order valence-electron chi connectivity index (χ0n) is 15.5. The Morgan fingerprint density at radius 1 is 1.12 bits per heavy atom. The van der Waals surface area contributed by atoms with Gasteiger partial charge in [-0.05, 0) is 45.4 Å². The van der Waals surface area contributed by atoms with Gasteiger partial charge in [0.1, 0.15) is 6.04 Å². The van der Waals surface area contributed by atoms with Crippen LogP contribution in [0.4, 0.5) is 0 Å². The summed E-state index contributed by atoms with van der Waals surface area (Å²) in [4.78, 5) is 12.6. The van der Waals surface area contributed by atoms with Crippen molar-refractivity contribution in [2.75, 3.05) is 13.6 Å². The number of carbonyl (C=O) groups excluding carboxylic acids is 1. The van der Waals surface area contributed by atoms with Gasteiger partial charge in [0.2, 0.25) is 15.9 Å². The topological polar surface area (TPSA) is 87.3 Å². The van der Waals surface area contributed by atoms with Crippen molar-refractivity contribution in [1.82, 2.24) is 15.4 Å². The molecule has 1 amide bonds. The zero-order chi connectivity index (χ0) is 18.3. The van der Waals surface area contributed by atoms with Crippen molar-refractivity contribution in [2.24, 2.45) is 5.92 Å². The van der Waals surface area contributed by atoms with E-state index in [1.165, 1.54) is 0 Å². The number of nitrogens with one attached hydrogen (secondary N) is 3. The van der Waals surface area contributed by atoms with Crippen LogP contribution >= 0.6 is 12.4 Å². The van der Waals surface area contributed by atoms with E-state index in [1.54, 1.807) is 24.3 Å². The summed E-state index contributed by atoms with van der Waals surface area (Å²) >= 11 is 0. The third-order valence-corrected chi connectivity index (χ3v) is 5.22. The molecule has 0 bridgehead atoms. The fourth-order valence-corrected chi connectivity index (χ4v) is 3.34. The minimum absolute atomic E-state index is 0. The second kappa shape index (κ2) is 10.8. The van der Waals surface area contributed by atoms with Crippen LogP contribution < -0.4 is 15.4 Å². The molecule has 1 aromatic rings. The number of sulfonamides is 1. The van der Waals surface area contributed by atoms with Crippen molar-refractivity contribution in [1.29, 1.82) is 0 Å². The molecular weight excluding hydrogens is 362 g/mol. The highest BCUT2D eigenvalue weighted by atomic mass is 35.5. The van der Waals surface area contributed by atoms with E-state index in [-0.39, 0.29) is 35.2 Å². The average molecular weight is 392 g/mol. The van der Waals surface area contributed by atoms with Gasteiger partial charge in [0, 0.05) is 12.6 Å². The fraction of sp³-hybridized carbons (Fsp3) is 0.588. The van der Waals surface area contributed by atoms with Crippen LogP contribution in [0.3, 0.4) is 0 Å². The monoisotopic (exact) mass is 391 g/mol. The Balaban J connectivity index is 0.00000576. The molecule has 0 radical (unpaired) electrons. The lowest BCUT2D eigenvalue weighted by atomic mass is 10.0. The number of aryl methyl sites for hydroxylation is 1. The molecule has 0 aromatic heterocycles. The SMILES string of the molecule is CNC(C)CNC(=O)C(CC(C)C)NS(=O)(=O)c1ccc(C)cc1.Cl. The van der Waals surface area contributed by atoms with Crippen LogP contribution in [0.15, 0.2) is 29.2 Å². The molecule has 25 heavy (non-hydrogen) atoms. The van der Waals surface area contributed by atoms with Gasteiger partial charge >= 0.3 is 0 Å². The van der Waals surface area contributed by atoms with E-state index < -0.39 is 16.1 Å².